The summed E-state index contributed by atoms with van der Waals surface area (Å²) in [5, 5.41) is 5.47. The lowest BCUT2D eigenvalue weighted by Crippen LogP contribution is -2.47. The van der Waals surface area contributed by atoms with E-state index in [0.717, 1.165) is 62.5 Å². The van der Waals surface area contributed by atoms with Crippen molar-refractivity contribution < 1.29 is 9.59 Å². The fourth-order valence-electron chi connectivity index (χ4n) is 6.38. The Morgan fingerprint density at radius 3 is 2.07 bits per heavy atom. The number of hydrogen-bond donors (Lipinski definition) is 2. The Morgan fingerprint density at radius 2 is 1.55 bits per heavy atom. The molecule has 2 aliphatic rings. The Hall–Kier alpha value is -2.19. The molecule has 0 radical (unpaired) electrons. The summed E-state index contributed by atoms with van der Waals surface area (Å²) in [6, 6.07) is 3.65. The molecule has 236 valence electrons. The van der Waals surface area contributed by atoms with Gasteiger partial charge in [0.2, 0.25) is 0 Å². The number of urea groups is 1. The normalized spacial score (nSPS) is 17.5. The fourth-order valence-corrected chi connectivity index (χ4v) is 8.23. The van der Waals surface area contributed by atoms with Gasteiger partial charge in [-0.2, -0.15) is 0 Å². The smallest absolute Gasteiger partial charge is 0.318 e. The van der Waals surface area contributed by atoms with Gasteiger partial charge in [-0.25, -0.2) is 4.79 Å². The highest BCUT2D eigenvalue weighted by Gasteiger charge is 2.45. The van der Waals surface area contributed by atoms with E-state index in [-0.39, 0.29) is 16.6 Å². The van der Waals surface area contributed by atoms with Crippen molar-refractivity contribution in [1.82, 2.24) is 9.62 Å². The standard InChI is InChI=1S/C34H57N5O2S/c1-6-8-9-10-11-12-13-14-15-16-17-18-31-36-32(40)34(37-31)20-22-39(23-21-34)42(7-2)24-19-30-27(3)25-29(26-28(30)4)38(5)33(35)41/h7,25-26H,6,8-24H2,1-5H3,(H2,35,41)(H,36,37,40). The van der Waals surface area contributed by atoms with Crippen molar-refractivity contribution >= 4 is 39.5 Å². The molecule has 1 spiro atoms. The number of aliphatic imine (C=N–C) groups is 1. The molecule has 7 nitrogen and oxygen atoms in total. The second kappa shape index (κ2) is 17.2. The average Bonchev–Trinajstić information content (AvgIpc) is 3.27. The van der Waals surface area contributed by atoms with E-state index >= 15 is 0 Å². The molecule has 1 aromatic carbocycles. The van der Waals surface area contributed by atoms with E-state index in [0.29, 0.717) is 0 Å². The largest absolute Gasteiger partial charge is 0.351 e. The lowest BCUT2D eigenvalue weighted by Gasteiger charge is -2.37. The number of hydrogen-bond acceptors (Lipinski definition) is 4. The third kappa shape index (κ3) is 9.66. The van der Waals surface area contributed by atoms with Crippen molar-refractivity contribution in [1.29, 1.82) is 0 Å². The Balaban J connectivity index is 1.42. The zero-order valence-corrected chi connectivity index (χ0v) is 27.9. The van der Waals surface area contributed by atoms with Gasteiger partial charge in [-0.1, -0.05) is 76.5 Å². The number of nitrogens with two attached hydrogens (primary N) is 1. The SMILES string of the molecule is C/C=S(/CCc1c(C)cc(N(C)C(N)=O)cc1C)N1CCC2(CC1)N=C(CCCCCCCCCCCCC)NC2=O. The first-order valence-electron chi connectivity index (χ1n) is 16.5. The predicted octanol–water partition coefficient (Wildman–Crippen LogP) is 7.43. The Bertz CT molecular complexity index is 1080. The van der Waals surface area contributed by atoms with Crippen LogP contribution in [0.25, 0.3) is 0 Å². The summed E-state index contributed by atoms with van der Waals surface area (Å²) in [5.41, 5.74) is 9.48. The Kier molecular flexibility index (Phi) is 14.0. The molecule has 0 bridgehead atoms. The lowest BCUT2D eigenvalue weighted by atomic mass is 9.89. The fraction of sp³-hybridized carbons (Fsp3) is 0.706. The molecule has 2 aliphatic heterocycles. The summed E-state index contributed by atoms with van der Waals surface area (Å²) in [6.45, 7) is 10.5. The van der Waals surface area contributed by atoms with Crippen LogP contribution in [0.4, 0.5) is 10.5 Å². The van der Waals surface area contributed by atoms with E-state index < -0.39 is 11.6 Å². The molecule has 42 heavy (non-hydrogen) atoms. The first-order chi connectivity index (χ1) is 20.2. The van der Waals surface area contributed by atoms with Crippen molar-refractivity contribution in [3.05, 3.63) is 28.8 Å². The van der Waals surface area contributed by atoms with Crippen molar-refractivity contribution in [3.63, 3.8) is 0 Å². The van der Waals surface area contributed by atoms with Crippen LogP contribution in [-0.2, 0) is 11.2 Å². The average molecular weight is 600 g/mol. The van der Waals surface area contributed by atoms with Gasteiger partial charge in [0, 0.05) is 38.0 Å². The molecular formula is C34H57N5O2S. The van der Waals surface area contributed by atoms with E-state index in [4.69, 9.17) is 10.7 Å². The number of anilines is 1. The molecule has 1 fully saturated rings. The molecule has 3 amide bonds. The number of primary amides is 1. The van der Waals surface area contributed by atoms with Crippen molar-refractivity contribution in [2.24, 2.45) is 10.7 Å². The van der Waals surface area contributed by atoms with Crippen LogP contribution < -0.4 is 16.0 Å². The third-order valence-corrected chi connectivity index (χ3v) is 11.4. The molecule has 3 rings (SSSR count). The highest BCUT2D eigenvalue weighted by Crippen LogP contribution is 2.35. The summed E-state index contributed by atoms with van der Waals surface area (Å²) in [6.07, 6.45) is 18.1. The number of amidine groups is 1. The summed E-state index contributed by atoms with van der Waals surface area (Å²) >= 11 is 0. The van der Waals surface area contributed by atoms with Crippen molar-refractivity contribution in [2.45, 2.75) is 130 Å². The molecule has 0 aromatic heterocycles. The number of carbonyl (C=O) groups is 2. The zero-order chi connectivity index (χ0) is 30.5. The number of nitrogens with zero attached hydrogens (tertiary/aromatic N) is 3. The van der Waals surface area contributed by atoms with E-state index in [2.05, 4.69) is 54.8 Å². The van der Waals surface area contributed by atoms with Crippen molar-refractivity contribution in [2.75, 3.05) is 30.8 Å². The molecule has 1 saturated heterocycles. The summed E-state index contributed by atoms with van der Waals surface area (Å²) in [4.78, 5) is 31.1. The van der Waals surface area contributed by atoms with Crippen LogP contribution in [0.5, 0.6) is 0 Å². The van der Waals surface area contributed by atoms with Gasteiger partial charge in [0.25, 0.3) is 5.91 Å². The maximum absolute atomic E-state index is 13.0. The molecule has 3 N–H and O–H groups in total. The number of carbonyl (C=O) groups excluding carboxylic acids is 2. The first kappa shape index (κ1) is 34.3. The van der Waals surface area contributed by atoms with Gasteiger partial charge in [0.1, 0.15) is 11.4 Å². The van der Waals surface area contributed by atoms with Crippen LogP contribution >= 0.6 is 10.7 Å². The molecule has 1 aromatic rings. The number of benzene rings is 1. The number of piperidine rings is 1. The Labute approximate surface area is 258 Å². The highest BCUT2D eigenvalue weighted by atomic mass is 32.2. The van der Waals surface area contributed by atoms with Gasteiger partial charge >= 0.3 is 6.03 Å². The van der Waals surface area contributed by atoms with Gasteiger partial charge in [0.15, 0.2) is 0 Å². The highest BCUT2D eigenvalue weighted by molar-refractivity contribution is 8.12. The van der Waals surface area contributed by atoms with Crippen LogP contribution in [0, 0.1) is 13.8 Å². The van der Waals surface area contributed by atoms with Gasteiger partial charge in [-0.15, -0.1) is 10.7 Å². The Morgan fingerprint density at radius 1 is 1.00 bits per heavy atom. The molecule has 1 unspecified atom stereocenters. The molecule has 8 heteroatoms. The summed E-state index contributed by atoms with van der Waals surface area (Å²) < 4.78 is 2.55. The number of aryl methyl sites for hydroxylation is 2. The number of rotatable bonds is 17. The van der Waals surface area contributed by atoms with Gasteiger partial charge in [0.05, 0.1) is 0 Å². The number of unbranched alkanes of at least 4 members (excludes halogenated alkanes) is 10. The summed E-state index contributed by atoms with van der Waals surface area (Å²) in [5.74, 6) is 2.09. The topological polar surface area (TPSA) is 91.0 Å². The maximum Gasteiger partial charge on any atom is 0.318 e. The minimum atomic E-state index is -0.554. The van der Waals surface area contributed by atoms with E-state index in [1.807, 2.05) is 0 Å². The predicted molar refractivity (Wildman–Crippen MR) is 182 cm³/mol. The molecule has 1 atom stereocenters. The molecule has 2 heterocycles. The van der Waals surface area contributed by atoms with E-state index in [1.165, 1.54) is 85.8 Å². The zero-order valence-electron chi connectivity index (χ0n) is 27.1. The maximum atomic E-state index is 13.0. The molecule has 0 saturated carbocycles. The van der Waals surface area contributed by atoms with Crippen LogP contribution in [0.1, 0.15) is 120 Å². The minimum Gasteiger partial charge on any atom is -0.351 e. The second-order valence-electron chi connectivity index (χ2n) is 12.3. The van der Waals surface area contributed by atoms with Crippen LogP contribution in [0.3, 0.4) is 0 Å². The summed E-state index contributed by atoms with van der Waals surface area (Å²) in [7, 11) is 1.75. The van der Waals surface area contributed by atoms with E-state index in [1.54, 1.807) is 7.05 Å². The monoisotopic (exact) mass is 599 g/mol. The van der Waals surface area contributed by atoms with Gasteiger partial charge in [-0.3, -0.25) is 19.0 Å². The quantitative estimate of drug-likeness (QED) is 0.144. The molecular weight excluding hydrogens is 542 g/mol. The molecule has 0 aliphatic carbocycles. The van der Waals surface area contributed by atoms with Gasteiger partial charge in [-0.05, 0) is 75.3 Å². The van der Waals surface area contributed by atoms with Crippen LogP contribution in [0.2, 0.25) is 0 Å². The van der Waals surface area contributed by atoms with Crippen LogP contribution in [-0.4, -0.2) is 58.9 Å². The minimum absolute atomic E-state index is 0.0379. The first-order valence-corrected chi connectivity index (χ1v) is 17.9. The van der Waals surface area contributed by atoms with Gasteiger partial charge < -0.3 is 11.1 Å². The number of nitrogens with one attached hydrogen (secondary N) is 1. The number of amides is 3. The van der Waals surface area contributed by atoms with E-state index in [9.17, 15) is 9.59 Å². The second-order valence-corrected chi connectivity index (χ2v) is 14.5. The van der Waals surface area contributed by atoms with Crippen LogP contribution in [0.15, 0.2) is 17.1 Å². The van der Waals surface area contributed by atoms with Crippen molar-refractivity contribution in [3.8, 4) is 0 Å². The lowest BCUT2D eigenvalue weighted by molar-refractivity contribution is -0.124. The third-order valence-electron chi connectivity index (χ3n) is 9.16.